The first-order valence-electron chi connectivity index (χ1n) is 8.37. The highest BCUT2D eigenvalue weighted by molar-refractivity contribution is 6.30. The van der Waals surface area contributed by atoms with Crippen molar-refractivity contribution < 1.29 is 14.6 Å². The van der Waals surface area contributed by atoms with Gasteiger partial charge in [-0.3, -0.25) is 9.88 Å². The van der Waals surface area contributed by atoms with Crippen molar-refractivity contribution in [1.82, 2.24) is 9.88 Å². The van der Waals surface area contributed by atoms with Gasteiger partial charge in [0.15, 0.2) is 6.61 Å². The van der Waals surface area contributed by atoms with Crippen LogP contribution in [0.5, 0.6) is 5.75 Å². The lowest BCUT2D eigenvalue weighted by atomic mass is 9.90. The van der Waals surface area contributed by atoms with Crippen LogP contribution in [-0.4, -0.2) is 40.7 Å². The molecule has 1 fully saturated rings. The van der Waals surface area contributed by atoms with Crippen LogP contribution in [0.25, 0.3) is 0 Å². The van der Waals surface area contributed by atoms with Crippen molar-refractivity contribution >= 4 is 17.6 Å². The van der Waals surface area contributed by atoms with Crippen LogP contribution in [0.1, 0.15) is 29.9 Å². The number of ether oxygens (including phenoxy) is 1. The molecule has 132 valence electrons. The quantitative estimate of drug-likeness (QED) is 0.853. The van der Waals surface area contributed by atoms with E-state index < -0.39 is 5.97 Å². The van der Waals surface area contributed by atoms with E-state index in [1.54, 1.807) is 12.1 Å². The van der Waals surface area contributed by atoms with E-state index >= 15 is 0 Å². The molecule has 0 spiro atoms. The number of benzene rings is 1. The van der Waals surface area contributed by atoms with Gasteiger partial charge in [-0.25, -0.2) is 4.79 Å². The first-order chi connectivity index (χ1) is 12.1. The van der Waals surface area contributed by atoms with Crippen LogP contribution in [0.3, 0.4) is 0 Å². The Morgan fingerprint density at radius 1 is 1.24 bits per heavy atom. The molecule has 1 N–H and O–H groups in total. The summed E-state index contributed by atoms with van der Waals surface area (Å²) < 4.78 is 5.39. The Labute approximate surface area is 152 Å². The number of nitrogens with zero attached hydrogens (tertiary/aromatic N) is 2. The zero-order chi connectivity index (χ0) is 17.6. The number of likely N-dealkylation sites (tertiary alicyclic amines) is 1. The van der Waals surface area contributed by atoms with E-state index in [1.165, 1.54) is 5.56 Å². The minimum absolute atomic E-state index is 0.348. The van der Waals surface area contributed by atoms with E-state index in [1.807, 2.05) is 18.5 Å². The number of aliphatic carboxylic acids is 1. The number of carboxylic acids is 1. The molecule has 0 aliphatic carbocycles. The Morgan fingerprint density at radius 3 is 2.64 bits per heavy atom. The standard InChI is InChI=1S/C19H21ClN2O3/c20-17-1-2-18(25-13-19(23)24)16(11-17)12-22-9-5-15(6-10-22)14-3-7-21-8-4-14/h1-4,7-8,11,15H,5-6,9-10,12-13H2,(H,23,24). The van der Waals surface area contributed by atoms with Crippen molar-refractivity contribution in [2.45, 2.75) is 25.3 Å². The lowest BCUT2D eigenvalue weighted by Gasteiger charge is -2.32. The second kappa shape index (κ2) is 8.32. The molecule has 1 aliphatic heterocycles. The van der Waals surface area contributed by atoms with Gasteiger partial charge in [0.1, 0.15) is 5.75 Å². The number of carboxylic acid groups (broad SMARTS) is 1. The Hall–Kier alpha value is -2.11. The topological polar surface area (TPSA) is 62.7 Å². The largest absolute Gasteiger partial charge is 0.482 e. The number of rotatable bonds is 6. The van der Waals surface area contributed by atoms with Gasteiger partial charge in [0.2, 0.25) is 0 Å². The van der Waals surface area contributed by atoms with Crippen molar-refractivity contribution in [1.29, 1.82) is 0 Å². The third-order valence-corrected chi connectivity index (χ3v) is 4.77. The molecule has 5 nitrogen and oxygen atoms in total. The molecule has 0 amide bonds. The maximum Gasteiger partial charge on any atom is 0.341 e. The maximum atomic E-state index is 10.7. The molecule has 0 saturated carbocycles. The molecule has 0 unspecified atom stereocenters. The van der Waals surface area contributed by atoms with E-state index in [4.69, 9.17) is 21.4 Å². The highest BCUT2D eigenvalue weighted by Crippen LogP contribution is 2.30. The molecule has 0 atom stereocenters. The predicted molar refractivity (Wildman–Crippen MR) is 96.1 cm³/mol. The first kappa shape index (κ1) is 17.7. The number of halogens is 1. The van der Waals surface area contributed by atoms with Crippen LogP contribution in [0.15, 0.2) is 42.7 Å². The van der Waals surface area contributed by atoms with E-state index in [0.717, 1.165) is 31.5 Å². The molecule has 2 heterocycles. The molecule has 1 aliphatic rings. The lowest BCUT2D eigenvalue weighted by Crippen LogP contribution is -2.32. The fraction of sp³-hybridized carbons (Fsp3) is 0.368. The summed E-state index contributed by atoms with van der Waals surface area (Å²) in [7, 11) is 0. The van der Waals surface area contributed by atoms with E-state index in [0.29, 0.717) is 23.2 Å². The summed E-state index contributed by atoms with van der Waals surface area (Å²) in [4.78, 5) is 17.2. The highest BCUT2D eigenvalue weighted by Gasteiger charge is 2.21. The predicted octanol–water partition coefficient (Wildman–Crippen LogP) is 3.58. The number of aromatic nitrogens is 1. The second-order valence-corrected chi connectivity index (χ2v) is 6.70. The van der Waals surface area contributed by atoms with E-state index in [2.05, 4.69) is 22.0 Å². The molecule has 6 heteroatoms. The summed E-state index contributed by atoms with van der Waals surface area (Å²) in [5, 5.41) is 9.44. The monoisotopic (exact) mass is 360 g/mol. The SMILES string of the molecule is O=C(O)COc1ccc(Cl)cc1CN1CCC(c2ccncc2)CC1. The number of pyridine rings is 1. The molecular formula is C19H21ClN2O3. The van der Waals surface area contributed by atoms with Gasteiger partial charge in [0, 0.05) is 29.5 Å². The van der Waals surface area contributed by atoms with Crippen LogP contribution in [0.2, 0.25) is 5.02 Å². The van der Waals surface area contributed by atoms with Crippen LogP contribution < -0.4 is 4.74 Å². The van der Waals surface area contributed by atoms with Gasteiger partial charge in [-0.15, -0.1) is 0 Å². The molecule has 1 aromatic carbocycles. The van der Waals surface area contributed by atoms with Crippen LogP contribution >= 0.6 is 11.6 Å². The molecule has 1 aromatic heterocycles. The molecule has 1 saturated heterocycles. The van der Waals surface area contributed by atoms with Gasteiger partial charge in [0.05, 0.1) is 0 Å². The number of hydrogen-bond acceptors (Lipinski definition) is 4. The van der Waals surface area contributed by atoms with Gasteiger partial charge < -0.3 is 9.84 Å². The second-order valence-electron chi connectivity index (χ2n) is 6.27. The maximum absolute atomic E-state index is 10.7. The summed E-state index contributed by atoms with van der Waals surface area (Å²) in [5.74, 6) is 0.170. The summed E-state index contributed by atoms with van der Waals surface area (Å²) in [6.45, 7) is 2.33. The van der Waals surface area contributed by atoms with Crippen molar-refractivity contribution in [3.8, 4) is 5.75 Å². The molecular weight excluding hydrogens is 340 g/mol. The summed E-state index contributed by atoms with van der Waals surface area (Å²) in [5.41, 5.74) is 2.28. The van der Waals surface area contributed by atoms with Gasteiger partial charge in [-0.1, -0.05) is 11.6 Å². The van der Waals surface area contributed by atoms with Gasteiger partial charge in [0.25, 0.3) is 0 Å². The normalized spacial score (nSPS) is 15.9. The Balaban J connectivity index is 1.61. The third-order valence-electron chi connectivity index (χ3n) is 4.53. The van der Waals surface area contributed by atoms with E-state index in [-0.39, 0.29) is 6.61 Å². The highest BCUT2D eigenvalue weighted by atomic mass is 35.5. The average molecular weight is 361 g/mol. The van der Waals surface area contributed by atoms with Gasteiger partial charge in [-0.05, 0) is 67.7 Å². The van der Waals surface area contributed by atoms with Crippen LogP contribution in [-0.2, 0) is 11.3 Å². The van der Waals surface area contributed by atoms with E-state index in [9.17, 15) is 4.79 Å². The van der Waals surface area contributed by atoms with Crippen molar-refractivity contribution in [2.75, 3.05) is 19.7 Å². The third kappa shape index (κ3) is 4.94. The Kier molecular flexibility index (Phi) is 5.89. The van der Waals surface area contributed by atoms with Crippen LogP contribution in [0.4, 0.5) is 0 Å². The van der Waals surface area contributed by atoms with Crippen molar-refractivity contribution in [2.24, 2.45) is 0 Å². The van der Waals surface area contributed by atoms with Gasteiger partial charge >= 0.3 is 5.97 Å². The molecule has 25 heavy (non-hydrogen) atoms. The zero-order valence-corrected chi connectivity index (χ0v) is 14.7. The Morgan fingerprint density at radius 2 is 1.96 bits per heavy atom. The zero-order valence-electron chi connectivity index (χ0n) is 13.9. The summed E-state index contributed by atoms with van der Waals surface area (Å²) in [6.07, 6.45) is 5.88. The smallest absolute Gasteiger partial charge is 0.341 e. The minimum Gasteiger partial charge on any atom is -0.482 e. The fourth-order valence-electron chi connectivity index (χ4n) is 3.25. The molecule has 0 bridgehead atoms. The fourth-order valence-corrected chi connectivity index (χ4v) is 3.45. The number of carbonyl (C=O) groups is 1. The summed E-state index contributed by atoms with van der Waals surface area (Å²) >= 11 is 6.10. The van der Waals surface area contributed by atoms with Crippen molar-refractivity contribution in [3.05, 3.63) is 58.9 Å². The Bertz CT molecular complexity index is 716. The molecule has 2 aromatic rings. The molecule has 0 radical (unpaired) electrons. The first-order valence-corrected chi connectivity index (χ1v) is 8.75. The average Bonchev–Trinajstić information content (AvgIpc) is 2.62. The number of piperidine rings is 1. The minimum atomic E-state index is -0.987. The molecule has 3 rings (SSSR count). The van der Waals surface area contributed by atoms with Crippen LogP contribution in [0, 0.1) is 0 Å². The van der Waals surface area contributed by atoms with Gasteiger partial charge in [-0.2, -0.15) is 0 Å². The lowest BCUT2D eigenvalue weighted by molar-refractivity contribution is -0.139. The summed E-state index contributed by atoms with van der Waals surface area (Å²) in [6, 6.07) is 9.50. The van der Waals surface area contributed by atoms with Crippen molar-refractivity contribution in [3.63, 3.8) is 0 Å². The number of hydrogen-bond donors (Lipinski definition) is 1.